The van der Waals surface area contributed by atoms with E-state index in [1.807, 2.05) is 23.1 Å². The summed E-state index contributed by atoms with van der Waals surface area (Å²) >= 11 is 11.5. The largest absolute Gasteiger partial charge is 0.497 e. The minimum absolute atomic E-state index is 0.0466. The summed E-state index contributed by atoms with van der Waals surface area (Å²) in [5.41, 5.74) is 2.32. The van der Waals surface area contributed by atoms with E-state index in [1.54, 1.807) is 14.2 Å². The average Bonchev–Trinajstić information content (AvgIpc) is 2.47. The van der Waals surface area contributed by atoms with Gasteiger partial charge in [0, 0.05) is 41.8 Å². The van der Waals surface area contributed by atoms with Crippen molar-refractivity contribution in [3.8, 4) is 11.5 Å². The molecule has 0 atom stereocenters. The molecule has 0 unspecified atom stereocenters. The molecule has 0 fully saturated rings. The van der Waals surface area contributed by atoms with Gasteiger partial charge in [0.25, 0.3) is 0 Å². The first-order chi connectivity index (χ1) is 9.64. The Hall–Kier alpha value is -0.940. The Bertz CT molecular complexity index is 452. The summed E-state index contributed by atoms with van der Waals surface area (Å²) in [6.45, 7) is 1.61. The maximum Gasteiger partial charge on any atom is 0.127 e. The van der Waals surface area contributed by atoms with Crippen molar-refractivity contribution >= 4 is 23.2 Å². The zero-order valence-electron chi connectivity index (χ0n) is 11.6. The Balaban J connectivity index is 2.86. The third-order valence-corrected chi connectivity index (χ3v) is 3.40. The summed E-state index contributed by atoms with van der Waals surface area (Å²) in [7, 11) is 3.22. The van der Waals surface area contributed by atoms with Gasteiger partial charge in [-0.2, -0.15) is 0 Å². The zero-order valence-corrected chi connectivity index (χ0v) is 13.1. The van der Waals surface area contributed by atoms with E-state index in [9.17, 15) is 0 Å². The monoisotopic (exact) mass is 319 g/mol. The molecule has 0 aliphatic heterocycles. The summed E-state index contributed by atoms with van der Waals surface area (Å²) in [5.74, 6) is 1.47. The minimum atomic E-state index is 0.0466. The van der Waals surface area contributed by atoms with Crippen molar-refractivity contribution in [2.75, 3.05) is 33.9 Å². The molecule has 20 heavy (non-hydrogen) atoms. The lowest BCUT2D eigenvalue weighted by atomic mass is 10.1. The van der Waals surface area contributed by atoms with Gasteiger partial charge in [-0.3, -0.25) is 4.90 Å². The van der Waals surface area contributed by atoms with Crippen molar-refractivity contribution in [1.82, 2.24) is 4.90 Å². The lowest BCUT2D eigenvalue weighted by Crippen LogP contribution is -2.28. The molecule has 6 heteroatoms. The van der Waals surface area contributed by atoms with Gasteiger partial charge in [0.15, 0.2) is 0 Å². The first-order valence-corrected chi connectivity index (χ1v) is 6.95. The maximum atomic E-state index is 9.12. The molecular formula is C14H19Cl2NO3. The van der Waals surface area contributed by atoms with E-state index in [-0.39, 0.29) is 6.61 Å². The normalized spacial score (nSPS) is 11.8. The van der Waals surface area contributed by atoms with Crippen LogP contribution in [0.3, 0.4) is 0 Å². The highest BCUT2D eigenvalue weighted by Gasteiger charge is 2.11. The molecule has 0 heterocycles. The molecule has 0 aliphatic rings. The molecule has 0 saturated heterocycles. The molecular weight excluding hydrogens is 301 g/mol. The number of aliphatic hydroxyl groups is 1. The number of aliphatic hydroxyl groups excluding tert-OH is 1. The molecule has 1 aromatic rings. The van der Waals surface area contributed by atoms with E-state index >= 15 is 0 Å². The second-order valence-corrected chi connectivity index (χ2v) is 4.87. The lowest BCUT2D eigenvalue weighted by Gasteiger charge is -2.22. The number of ether oxygens (including phenoxy) is 2. The zero-order chi connectivity index (χ0) is 15.0. The van der Waals surface area contributed by atoms with Crippen LogP contribution >= 0.6 is 23.2 Å². The third kappa shape index (κ3) is 5.21. The molecule has 0 amide bonds. The van der Waals surface area contributed by atoms with Gasteiger partial charge in [0.05, 0.1) is 20.8 Å². The smallest absolute Gasteiger partial charge is 0.127 e. The maximum absolute atomic E-state index is 9.12. The number of hydrogen-bond acceptors (Lipinski definition) is 4. The topological polar surface area (TPSA) is 41.9 Å². The fourth-order valence-electron chi connectivity index (χ4n) is 1.83. The molecule has 1 N–H and O–H groups in total. The molecule has 112 valence electrons. The SMILES string of the molecule is COc1ccc(CN(CCO)C/C(Cl)=C/Cl)c(OC)c1. The summed E-state index contributed by atoms with van der Waals surface area (Å²) in [6, 6.07) is 5.62. The highest BCUT2D eigenvalue weighted by atomic mass is 35.5. The van der Waals surface area contributed by atoms with Gasteiger partial charge in [0.1, 0.15) is 11.5 Å². The van der Waals surface area contributed by atoms with Crippen molar-refractivity contribution in [2.45, 2.75) is 6.54 Å². The van der Waals surface area contributed by atoms with E-state index < -0.39 is 0 Å². The Kier molecular flexibility index (Phi) is 7.77. The molecule has 0 spiro atoms. The van der Waals surface area contributed by atoms with Gasteiger partial charge in [-0.05, 0) is 6.07 Å². The van der Waals surface area contributed by atoms with Crippen LogP contribution in [0, 0.1) is 0 Å². The van der Waals surface area contributed by atoms with Crippen molar-refractivity contribution in [1.29, 1.82) is 0 Å². The molecule has 1 aromatic carbocycles. The number of benzene rings is 1. The van der Waals surface area contributed by atoms with Crippen LogP contribution in [-0.2, 0) is 6.54 Å². The molecule has 0 aliphatic carbocycles. The van der Waals surface area contributed by atoms with Gasteiger partial charge in [-0.15, -0.1) is 0 Å². The summed E-state index contributed by atoms with van der Waals surface area (Å²) in [4.78, 5) is 1.98. The highest BCUT2D eigenvalue weighted by molar-refractivity contribution is 6.36. The van der Waals surface area contributed by atoms with E-state index in [0.29, 0.717) is 24.7 Å². The van der Waals surface area contributed by atoms with Gasteiger partial charge in [-0.1, -0.05) is 29.3 Å². The first kappa shape index (κ1) is 17.1. The highest BCUT2D eigenvalue weighted by Crippen LogP contribution is 2.26. The first-order valence-electron chi connectivity index (χ1n) is 6.13. The standard InChI is InChI=1S/C14H19Cl2NO3/c1-19-13-4-3-11(14(7-13)20-2)9-17(5-6-18)10-12(16)8-15/h3-4,7-8,18H,5-6,9-10H2,1-2H3/b12-8-. The fraction of sp³-hybridized carbons (Fsp3) is 0.429. The van der Waals surface area contributed by atoms with E-state index in [2.05, 4.69) is 0 Å². The molecule has 0 radical (unpaired) electrons. The second-order valence-electron chi connectivity index (χ2n) is 4.17. The molecule has 4 nitrogen and oxygen atoms in total. The van der Waals surface area contributed by atoms with Crippen LogP contribution in [-0.4, -0.2) is 43.9 Å². The van der Waals surface area contributed by atoms with E-state index in [1.165, 1.54) is 5.54 Å². The summed E-state index contributed by atoms with van der Waals surface area (Å²) < 4.78 is 10.5. The van der Waals surface area contributed by atoms with Crippen LogP contribution in [0.15, 0.2) is 28.8 Å². The predicted molar refractivity (Wildman–Crippen MR) is 81.7 cm³/mol. The number of halogens is 2. The van der Waals surface area contributed by atoms with Gasteiger partial charge < -0.3 is 14.6 Å². The van der Waals surface area contributed by atoms with Crippen molar-refractivity contribution in [3.05, 3.63) is 34.3 Å². The van der Waals surface area contributed by atoms with Crippen molar-refractivity contribution < 1.29 is 14.6 Å². The fourth-order valence-corrected chi connectivity index (χ4v) is 2.06. The Morgan fingerprint density at radius 2 is 2.10 bits per heavy atom. The van der Waals surface area contributed by atoms with Crippen LogP contribution < -0.4 is 9.47 Å². The lowest BCUT2D eigenvalue weighted by molar-refractivity contribution is 0.201. The van der Waals surface area contributed by atoms with Crippen LogP contribution in [0.5, 0.6) is 11.5 Å². The van der Waals surface area contributed by atoms with Crippen molar-refractivity contribution in [2.24, 2.45) is 0 Å². The number of rotatable bonds is 8. The molecule has 0 aromatic heterocycles. The van der Waals surface area contributed by atoms with Crippen molar-refractivity contribution in [3.63, 3.8) is 0 Å². The average molecular weight is 320 g/mol. The molecule has 0 saturated carbocycles. The van der Waals surface area contributed by atoms with Crippen LogP contribution in [0.1, 0.15) is 5.56 Å². The predicted octanol–water partition coefficient (Wildman–Crippen LogP) is 2.82. The van der Waals surface area contributed by atoms with Crippen LogP contribution in [0.2, 0.25) is 0 Å². The van der Waals surface area contributed by atoms with Crippen LogP contribution in [0.4, 0.5) is 0 Å². The van der Waals surface area contributed by atoms with E-state index in [0.717, 1.165) is 17.1 Å². The number of methoxy groups -OCH3 is 2. The Labute approximate surface area is 129 Å². The second kappa shape index (κ2) is 9.08. The number of hydrogen-bond donors (Lipinski definition) is 1. The molecule has 0 bridgehead atoms. The summed E-state index contributed by atoms with van der Waals surface area (Å²) in [5, 5.41) is 9.64. The summed E-state index contributed by atoms with van der Waals surface area (Å²) in [6.07, 6.45) is 0. The van der Waals surface area contributed by atoms with Crippen LogP contribution in [0.25, 0.3) is 0 Å². The minimum Gasteiger partial charge on any atom is -0.497 e. The van der Waals surface area contributed by atoms with Gasteiger partial charge >= 0.3 is 0 Å². The molecule has 1 rings (SSSR count). The Morgan fingerprint density at radius 1 is 1.35 bits per heavy atom. The van der Waals surface area contributed by atoms with E-state index in [4.69, 9.17) is 37.8 Å². The Morgan fingerprint density at radius 3 is 2.65 bits per heavy atom. The third-order valence-electron chi connectivity index (χ3n) is 2.80. The van der Waals surface area contributed by atoms with Gasteiger partial charge in [0.2, 0.25) is 0 Å². The van der Waals surface area contributed by atoms with Gasteiger partial charge in [-0.25, -0.2) is 0 Å². The quantitative estimate of drug-likeness (QED) is 0.800. The number of nitrogens with zero attached hydrogens (tertiary/aromatic N) is 1.